The van der Waals surface area contributed by atoms with Crippen molar-refractivity contribution < 1.29 is 12.8 Å². The number of sulfonamides is 1. The highest BCUT2D eigenvalue weighted by Gasteiger charge is 2.28. The van der Waals surface area contributed by atoms with Crippen molar-refractivity contribution in [1.29, 1.82) is 0 Å². The van der Waals surface area contributed by atoms with Crippen LogP contribution in [0.3, 0.4) is 0 Å². The molecule has 2 aromatic rings. The zero-order chi connectivity index (χ0) is 16.3. The molecule has 1 aliphatic heterocycles. The number of hydrogen-bond donors (Lipinski definition) is 1. The molecule has 0 spiro atoms. The van der Waals surface area contributed by atoms with Crippen molar-refractivity contribution in [3.63, 3.8) is 0 Å². The standard InChI is InChI=1S/C17H19FN2O2S/c18-16-8-4-5-9-17(16)23(21,22)19-15-10-11-20(13-15)12-14-6-2-1-3-7-14/h1-9,15,19H,10-13H2. The van der Waals surface area contributed by atoms with E-state index >= 15 is 0 Å². The van der Waals surface area contributed by atoms with Crippen LogP contribution < -0.4 is 4.72 Å². The largest absolute Gasteiger partial charge is 0.297 e. The van der Waals surface area contributed by atoms with Gasteiger partial charge in [0.2, 0.25) is 10.0 Å². The lowest BCUT2D eigenvalue weighted by Gasteiger charge is -2.17. The molecule has 1 heterocycles. The van der Waals surface area contributed by atoms with Gasteiger partial charge >= 0.3 is 0 Å². The van der Waals surface area contributed by atoms with Crippen LogP contribution in [0.1, 0.15) is 12.0 Å². The van der Waals surface area contributed by atoms with E-state index in [9.17, 15) is 12.8 Å². The van der Waals surface area contributed by atoms with E-state index in [1.54, 1.807) is 0 Å². The first-order valence-corrected chi connectivity index (χ1v) is 9.06. The topological polar surface area (TPSA) is 49.4 Å². The van der Waals surface area contributed by atoms with Crippen molar-refractivity contribution >= 4 is 10.0 Å². The molecule has 1 fully saturated rings. The fourth-order valence-corrected chi connectivity index (χ4v) is 4.20. The fourth-order valence-electron chi connectivity index (χ4n) is 2.86. The molecule has 0 bridgehead atoms. The Morgan fingerprint density at radius 3 is 2.52 bits per heavy atom. The number of likely N-dealkylation sites (tertiary alicyclic amines) is 1. The molecule has 1 aliphatic rings. The first-order valence-electron chi connectivity index (χ1n) is 7.58. The van der Waals surface area contributed by atoms with E-state index in [2.05, 4.69) is 21.8 Å². The van der Waals surface area contributed by atoms with Crippen molar-refractivity contribution in [2.24, 2.45) is 0 Å². The zero-order valence-electron chi connectivity index (χ0n) is 12.7. The minimum atomic E-state index is -3.82. The summed E-state index contributed by atoms with van der Waals surface area (Å²) in [7, 11) is -3.82. The lowest BCUT2D eigenvalue weighted by Crippen LogP contribution is -2.37. The van der Waals surface area contributed by atoms with Crippen LogP contribution >= 0.6 is 0 Å². The van der Waals surface area contributed by atoms with Gasteiger partial charge in [-0.2, -0.15) is 0 Å². The van der Waals surface area contributed by atoms with Gasteiger partial charge in [-0.1, -0.05) is 42.5 Å². The van der Waals surface area contributed by atoms with Gasteiger partial charge in [-0.25, -0.2) is 17.5 Å². The summed E-state index contributed by atoms with van der Waals surface area (Å²) in [6.45, 7) is 2.24. The van der Waals surface area contributed by atoms with Gasteiger partial charge in [0.15, 0.2) is 0 Å². The number of nitrogens with zero attached hydrogens (tertiary/aromatic N) is 1. The van der Waals surface area contributed by atoms with Crippen LogP contribution in [0.2, 0.25) is 0 Å². The van der Waals surface area contributed by atoms with Crippen LogP contribution in [0.4, 0.5) is 4.39 Å². The highest BCUT2D eigenvalue weighted by molar-refractivity contribution is 7.89. The Morgan fingerprint density at radius 1 is 1.09 bits per heavy atom. The van der Waals surface area contributed by atoms with E-state index in [0.29, 0.717) is 6.54 Å². The zero-order valence-corrected chi connectivity index (χ0v) is 13.5. The van der Waals surface area contributed by atoms with Crippen molar-refractivity contribution in [2.45, 2.75) is 23.9 Å². The third-order valence-electron chi connectivity index (χ3n) is 3.97. The summed E-state index contributed by atoms with van der Waals surface area (Å²) in [6.07, 6.45) is 0.723. The monoisotopic (exact) mass is 334 g/mol. The molecule has 0 saturated carbocycles. The van der Waals surface area contributed by atoms with Crippen LogP contribution in [0, 0.1) is 5.82 Å². The first kappa shape index (κ1) is 16.1. The van der Waals surface area contributed by atoms with Crippen molar-refractivity contribution in [2.75, 3.05) is 13.1 Å². The molecule has 0 amide bonds. The molecule has 122 valence electrons. The minimum Gasteiger partial charge on any atom is -0.297 e. The summed E-state index contributed by atoms with van der Waals surface area (Å²) in [5.74, 6) is -0.723. The molecule has 6 heteroatoms. The molecule has 0 aliphatic carbocycles. The molecular formula is C17H19FN2O2S. The summed E-state index contributed by atoms with van der Waals surface area (Å²) in [5, 5.41) is 0. The Morgan fingerprint density at radius 2 is 1.78 bits per heavy atom. The molecule has 4 nitrogen and oxygen atoms in total. The van der Waals surface area contributed by atoms with Crippen molar-refractivity contribution in [3.05, 3.63) is 66.0 Å². The minimum absolute atomic E-state index is 0.191. The van der Waals surface area contributed by atoms with Crippen LogP contribution in [-0.4, -0.2) is 32.4 Å². The average molecular weight is 334 g/mol. The second-order valence-electron chi connectivity index (χ2n) is 5.76. The molecule has 0 aromatic heterocycles. The van der Waals surface area contributed by atoms with Crippen LogP contribution in [0.15, 0.2) is 59.5 Å². The third kappa shape index (κ3) is 3.96. The highest BCUT2D eigenvalue weighted by atomic mass is 32.2. The van der Waals surface area contributed by atoms with E-state index in [-0.39, 0.29) is 10.9 Å². The molecule has 0 radical (unpaired) electrons. The second-order valence-corrected chi connectivity index (χ2v) is 7.44. The van der Waals surface area contributed by atoms with E-state index < -0.39 is 15.8 Å². The van der Waals surface area contributed by atoms with Gasteiger partial charge in [0.25, 0.3) is 0 Å². The van der Waals surface area contributed by atoms with E-state index in [4.69, 9.17) is 0 Å². The molecule has 1 unspecified atom stereocenters. The summed E-state index contributed by atoms with van der Waals surface area (Å²) in [4.78, 5) is 1.91. The molecule has 2 aromatic carbocycles. The van der Waals surface area contributed by atoms with Crippen molar-refractivity contribution in [1.82, 2.24) is 9.62 Å². The molecule has 1 N–H and O–H groups in total. The van der Waals surface area contributed by atoms with Gasteiger partial charge < -0.3 is 0 Å². The molecule has 1 atom stereocenters. The number of benzene rings is 2. The summed E-state index contributed by atoms with van der Waals surface area (Å²) in [5.41, 5.74) is 1.20. The second kappa shape index (κ2) is 6.78. The number of halogens is 1. The van der Waals surface area contributed by atoms with Gasteiger partial charge in [-0.05, 0) is 24.1 Å². The maximum absolute atomic E-state index is 13.7. The van der Waals surface area contributed by atoms with Gasteiger partial charge in [0.1, 0.15) is 10.7 Å². The summed E-state index contributed by atoms with van der Waals surface area (Å²) in [6, 6.07) is 15.3. The normalized spacial score (nSPS) is 19.1. The van der Waals surface area contributed by atoms with E-state index in [0.717, 1.165) is 25.6 Å². The highest BCUT2D eigenvalue weighted by Crippen LogP contribution is 2.18. The third-order valence-corrected chi connectivity index (χ3v) is 5.52. The van der Waals surface area contributed by atoms with Crippen LogP contribution in [0.25, 0.3) is 0 Å². The quantitative estimate of drug-likeness (QED) is 0.913. The van der Waals surface area contributed by atoms with Crippen molar-refractivity contribution in [3.8, 4) is 0 Å². The number of rotatable bonds is 5. The summed E-state index contributed by atoms with van der Waals surface area (Å²) < 4.78 is 40.9. The molecule has 3 rings (SSSR count). The predicted molar refractivity (Wildman–Crippen MR) is 86.8 cm³/mol. The molecule has 1 saturated heterocycles. The number of hydrogen-bond acceptors (Lipinski definition) is 3. The molecule has 23 heavy (non-hydrogen) atoms. The Bertz CT molecular complexity index is 765. The Hall–Kier alpha value is -1.76. The van der Waals surface area contributed by atoms with Gasteiger partial charge in [0.05, 0.1) is 0 Å². The first-order chi connectivity index (χ1) is 11.0. The van der Waals surface area contributed by atoms with Gasteiger partial charge in [-0.3, -0.25) is 4.90 Å². The SMILES string of the molecule is O=S(=O)(NC1CCN(Cc2ccccc2)C1)c1ccccc1F. The smallest absolute Gasteiger partial charge is 0.243 e. The predicted octanol–water partition coefficient (Wildman–Crippen LogP) is 2.38. The van der Waals surface area contributed by atoms with E-state index in [1.165, 1.54) is 23.8 Å². The maximum Gasteiger partial charge on any atom is 0.243 e. The maximum atomic E-state index is 13.7. The Labute approximate surface area is 136 Å². The average Bonchev–Trinajstić information content (AvgIpc) is 2.95. The molecular weight excluding hydrogens is 315 g/mol. The summed E-state index contributed by atoms with van der Waals surface area (Å²) >= 11 is 0. The Kier molecular flexibility index (Phi) is 4.75. The van der Waals surface area contributed by atoms with Gasteiger partial charge in [0, 0.05) is 25.7 Å². The lowest BCUT2D eigenvalue weighted by molar-refractivity contribution is 0.324. The van der Waals surface area contributed by atoms with Crippen LogP contribution in [-0.2, 0) is 16.6 Å². The fraction of sp³-hybridized carbons (Fsp3) is 0.294. The Balaban J connectivity index is 1.63. The van der Waals surface area contributed by atoms with Gasteiger partial charge in [-0.15, -0.1) is 0 Å². The van der Waals surface area contributed by atoms with E-state index in [1.807, 2.05) is 18.2 Å². The van der Waals surface area contributed by atoms with Crippen LogP contribution in [0.5, 0.6) is 0 Å². The number of nitrogens with one attached hydrogen (secondary N) is 1. The lowest BCUT2D eigenvalue weighted by atomic mass is 10.2.